The number of carbonyl (C=O) groups is 2. The van der Waals surface area contributed by atoms with Crippen molar-refractivity contribution in [3.63, 3.8) is 0 Å². The van der Waals surface area contributed by atoms with Crippen LogP contribution in [0, 0.1) is 5.92 Å². The van der Waals surface area contributed by atoms with E-state index in [-0.39, 0.29) is 23.8 Å². The highest BCUT2D eigenvalue weighted by Crippen LogP contribution is 2.42. The molecule has 0 bridgehead atoms. The van der Waals surface area contributed by atoms with Gasteiger partial charge >= 0.3 is 5.97 Å². The monoisotopic (exact) mass is 403 g/mol. The number of nitrogens with one attached hydrogen (secondary N) is 1. The molecule has 2 aliphatic heterocycles. The normalized spacial score (nSPS) is 17.4. The molecule has 0 spiro atoms. The maximum atomic E-state index is 12.3. The van der Waals surface area contributed by atoms with Crippen LogP contribution in [0.1, 0.15) is 45.6 Å². The molecule has 1 N–H and O–H groups in total. The first-order valence-corrected chi connectivity index (χ1v) is 10.0. The van der Waals surface area contributed by atoms with Crippen molar-refractivity contribution in [2.75, 3.05) is 20.3 Å². The van der Waals surface area contributed by atoms with E-state index in [9.17, 15) is 9.59 Å². The summed E-state index contributed by atoms with van der Waals surface area (Å²) in [5.41, 5.74) is 1.71. The lowest BCUT2D eigenvalue weighted by atomic mass is 10.0. The zero-order chi connectivity index (χ0) is 21.0. The highest BCUT2D eigenvalue weighted by molar-refractivity contribution is 6.08. The van der Waals surface area contributed by atoms with Gasteiger partial charge in [0.05, 0.1) is 32.6 Å². The number of hydrogen-bond acceptors (Lipinski definition) is 7. The quantitative estimate of drug-likeness (QED) is 0.504. The minimum Gasteiger partial charge on any atom is -0.492 e. The number of rotatable bonds is 9. The van der Waals surface area contributed by atoms with Crippen molar-refractivity contribution in [1.29, 1.82) is 0 Å². The Balaban J connectivity index is 1.65. The Morgan fingerprint density at radius 2 is 2.03 bits per heavy atom. The van der Waals surface area contributed by atoms with E-state index in [0.29, 0.717) is 37.2 Å². The number of unbranched alkanes of at least 4 members (excludes halogenated alkanes) is 2. The highest BCUT2D eigenvalue weighted by Gasteiger charge is 2.41. The van der Waals surface area contributed by atoms with Crippen LogP contribution < -0.4 is 14.8 Å². The number of fused-ring (bicyclic) bond motifs is 2. The number of ether oxygens (including phenoxy) is 3. The summed E-state index contributed by atoms with van der Waals surface area (Å²) in [6.07, 6.45) is 2.57. The van der Waals surface area contributed by atoms with Crippen LogP contribution >= 0.6 is 0 Å². The molecule has 3 rings (SSSR count). The second kappa shape index (κ2) is 9.15. The van der Waals surface area contributed by atoms with E-state index in [0.717, 1.165) is 30.5 Å². The lowest BCUT2D eigenvalue weighted by Gasteiger charge is -2.30. The standard InChI is InChI=1S/C21H29N3O5/c1-13(2)18-20(26)23-21-22-16-8-9-17(19(27-4)15(16)12-24(18)21)29-11-7-5-6-10-28-14(3)25/h8-9,13,18H,5-7,10-12H2,1-4H3,(H,22,23,26). The van der Waals surface area contributed by atoms with Crippen molar-refractivity contribution in [3.05, 3.63) is 17.7 Å². The minimum absolute atomic E-state index is 0.0178. The Hall–Kier alpha value is -2.77. The van der Waals surface area contributed by atoms with Crippen molar-refractivity contribution >= 4 is 23.5 Å². The van der Waals surface area contributed by atoms with Gasteiger partial charge in [-0.05, 0) is 37.3 Å². The fourth-order valence-corrected chi connectivity index (χ4v) is 3.71. The van der Waals surface area contributed by atoms with Gasteiger partial charge in [0, 0.05) is 12.5 Å². The molecular formula is C21H29N3O5. The second-order valence-corrected chi connectivity index (χ2v) is 7.59. The molecule has 158 valence electrons. The van der Waals surface area contributed by atoms with E-state index >= 15 is 0 Å². The van der Waals surface area contributed by atoms with Gasteiger partial charge in [0.25, 0.3) is 0 Å². The fraction of sp³-hybridized carbons (Fsp3) is 0.571. The molecule has 1 atom stereocenters. The molecule has 1 unspecified atom stereocenters. The van der Waals surface area contributed by atoms with E-state index in [4.69, 9.17) is 14.2 Å². The van der Waals surface area contributed by atoms with Crippen LogP contribution in [0.5, 0.6) is 11.5 Å². The molecule has 1 aromatic carbocycles. The van der Waals surface area contributed by atoms with Crippen molar-refractivity contribution in [1.82, 2.24) is 10.2 Å². The SMILES string of the molecule is COc1c(OCCCCCOC(C)=O)ccc2c1CN1C(=N2)NC(=O)C1C(C)C. The summed E-state index contributed by atoms with van der Waals surface area (Å²) in [7, 11) is 1.62. The molecule has 8 heteroatoms. The number of hydrogen-bond donors (Lipinski definition) is 1. The molecular weight excluding hydrogens is 374 g/mol. The Morgan fingerprint density at radius 1 is 1.28 bits per heavy atom. The van der Waals surface area contributed by atoms with Crippen LogP contribution in [0.25, 0.3) is 0 Å². The summed E-state index contributed by atoms with van der Waals surface area (Å²) in [5.74, 6) is 1.83. The van der Waals surface area contributed by atoms with Crippen molar-refractivity contribution < 1.29 is 23.8 Å². The zero-order valence-corrected chi connectivity index (χ0v) is 17.5. The number of amides is 1. The van der Waals surface area contributed by atoms with Gasteiger partial charge in [-0.2, -0.15) is 0 Å². The van der Waals surface area contributed by atoms with Crippen LogP contribution in [0.3, 0.4) is 0 Å². The number of carbonyl (C=O) groups excluding carboxylic acids is 2. The third-order valence-electron chi connectivity index (χ3n) is 5.05. The van der Waals surface area contributed by atoms with Gasteiger partial charge in [0.1, 0.15) is 6.04 Å². The third kappa shape index (κ3) is 4.63. The Labute approximate surface area is 171 Å². The van der Waals surface area contributed by atoms with Gasteiger partial charge in [-0.15, -0.1) is 0 Å². The van der Waals surface area contributed by atoms with Crippen molar-refractivity contribution in [2.24, 2.45) is 10.9 Å². The molecule has 2 aliphatic rings. The lowest BCUT2D eigenvalue weighted by Crippen LogP contribution is -2.40. The summed E-state index contributed by atoms with van der Waals surface area (Å²) in [6, 6.07) is 3.51. The predicted molar refractivity (Wildman–Crippen MR) is 108 cm³/mol. The van der Waals surface area contributed by atoms with Gasteiger partial charge < -0.3 is 19.1 Å². The number of aliphatic imine (C=N–C) groups is 1. The minimum atomic E-state index is -0.250. The summed E-state index contributed by atoms with van der Waals surface area (Å²) in [5, 5.41) is 2.88. The predicted octanol–water partition coefficient (Wildman–Crippen LogP) is 2.76. The van der Waals surface area contributed by atoms with Gasteiger partial charge in [-0.3, -0.25) is 14.9 Å². The van der Waals surface area contributed by atoms with Crippen LogP contribution in [0.4, 0.5) is 5.69 Å². The highest BCUT2D eigenvalue weighted by atomic mass is 16.5. The molecule has 0 saturated carbocycles. The summed E-state index contributed by atoms with van der Waals surface area (Å²) in [6.45, 7) is 7.00. The average molecular weight is 403 g/mol. The first kappa shape index (κ1) is 21.0. The van der Waals surface area contributed by atoms with Gasteiger partial charge in [-0.25, -0.2) is 4.99 Å². The van der Waals surface area contributed by atoms with Crippen molar-refractivity contribution in [2.45, 2.75) is 52.6 Å². The van der Waals surface area contributed by atoms with Gasteiger partial charge in [0.2, 0.25) is 11.9 Å². The van der Waals surface area contributed by atoms with Gasteiger partial charge in [-0.1, -0.05) is 13.8 Å². The number of benzene rings is 1. The first-order chi connectivity index (χ1) is 13.9. The molecule has 1 aromatic rings. The van der Waals surface area contributed by atoms with E-state index in [1.165, 1.54) is 6.92 Å². The molecule has 1 saturated heterocycles. The van der Waals surface area contributed by atoms with Crippen LogP contribution in [-0.4, -0.2) is 49.1 Å². The number of guanidine groups is 1. The molecule has 0 aromatic heterocycles. The number of nitrogens with zero attached hydrogens (tertiary/aromatic N) is 2. The van der Waals surface area contributed by atoms with E-state index in [1.807, 2.05) is 30.9 Å². The van der Waals surface area contributed by atoms with E-state index < -0.39 is 0 Å². The lowest BCUT2D eigenvalue weighted by molar-refractivity contribution is -0.141. The molecule has 2 heterocycles. The maximum Gasteiger partial charge on any atom is 0.302 e. The molecule has 0 aliphatic carbocycles. The average Bonchev–Trinajstić information content (AvgIpc) is 2.99. The van der Waals surface area contributed by atoms with Crippen LogP contribution in [0.15, 0.2) is 17.1 Å². The molecule has 1 amide bonds. The maximum absolute atomic E-state index is 12.3. The summed E-state index contributed by atoms with van der Waals surface area (Å²) < 4.78 is 16.5. The summed E-state index contributed by atoms with van der Waals surface area (Å²) in [4.78, 5) is 29.7. The first-order valence-electron chi connectivity index (χ1n) is 10.0. The molecule has 8 nitrogen and oxygen atoms in total. The third-order valence-corrected chi connectivity index (χ3v) is 5.05. The van der Waals surface area contributed by atoms with E-state index in [1.54, 1.807) is 7.11 Å². The largest absolute Gasteiger partial charge is 0.492 e. The Kier molecular flexibility index (Phi) is 6.61. The van der Waals surface area contributed by atoms with Gasteiger partial charge in [0.15, 0.2) is 11.5 Å². The summed E-state index contributed by atoms with van der Waals surface area (Å²) >= 11 is 0. The Morgan fingerprint density at radius 3 is 2.72 bits per heavy atom. The van der Waals surface area contributed by atoms with Crippen LogP contribution in [0.2, 0.25) is 0 Å². The van der Waals surface area contributed by atoms with Crippen LogP contribution in [-0.2, 0) is 20.9 Å². The second-order valence-electron chi connectivity index (χ2n) is 7.59. The molecule has 29 heavy (non-hydrogen) atoms. The molecule has 0 radical (unpaired) electrons. The van der Waals surface area contributed by atoms with E-state index in [2.05, 4.69) is 10.3 Å². The molecule has 1 fully saturated rings. The zero-order valence-electron chi connectivity index (χ0n) is 17.5. The topological polar surface area (TPSA) is 89.5 Å². The smallest absolute Gasteiger partial charge is 0.302 e. The fourth-order valence-electron chi connectivity index (χ4n) is 3.71. The van der Waals surface area contributed by atoms with Crippen molar-refractivity contribution in [3.8, 4) is 11.5 Å². The Bertz CT molecular complexity index is 806. The number of esters is 1. The number of methoxy groups -OCH3 is 1.